The van der Waals surface area contributed by atoms with Gasteiger partial charge in [0.15, 0.2) is 5.78 Å². The van der Waals surface area contributed by atoms with Gasteiger partial charge in [-0.25, -0.2) is 0 Å². The quantitative estimate of drug-likeness (QED) is 0.773. The molecule has 0 spiro atoms. The van der Waals surface area contributed by atoms with Crippen molar-refractivity contribution in [1.29, 1.82) is 0 Å². The summed E-state index contributed by atoms with van der Waals surface area (Å²) in [5.41, 5.74) is 0.644. The molecule has 110 valence electrons. The highest BCUT2D eigenvalue weighted by Crippen LogP contribution is 2.23. The predicted molar refractivity (Wildman–Crippen MR) is 75.8 cm³/mol. The van der Waals surface area contributed by atoms with Crippen molar-refractivity contribution < 1.29 is 19.2 Å². The van der Waals surface area contributed by atoms with Crippen LogP contribution in [0.4, 0.5) is 0 Å². The normalized spacial score (nSPS) is 16.6. The zero-order chi connectivity index (χ0) is 15.7. The van der Waals surface area contributed by atoms with Crippen molar-refractivity contribution in [2.24, 2.45) is 11.8 Å². The minimum atomic E-state index is -0.521. The number of Topliss-reactive ketones (excluding diaryl/α,β-unsaturated/α-hetero) is 2. The van der Waals surface area contributed by atoms with Crippen LogP contribution in [-0.2, 0) is 9.59 Å². The molecule has 2 unspecified atom stereocenters. The van der Waals surface area contributed by atoms with E-state index in [0.29, 0.717) is 11.1 Å². The van der Waals surface area contributed by atoms with E-state index < -0.39 is 23.7 Å². The van der Waals surface area contributed by atoms with Crippen LogP contribution in [0.5, 0.6) is 0 Å². The lowest BCUT2D eigenvalue weighted by molar-refractivity contribution is -0.130. The lowest BCUT2D eigenvalue weighted by Gasteiger charge is -2.19. The topological polar surface area (TPSA) is 71.5 Å². The molecule has 2 atom stereocenters. The first-order chi connectivity index (χ1) is 9.84. The Labute approximate surface area is 122 Å². The molecule has 0 aromatic heterocycles. The molecule has 0 saturated carbocycles. The first-order valence-electron chi connectivity index (χ1n) is 6.83. The van der Waals surface area contributed by atoms with Gasteiger partial charge >= 0.3 is 0 Å². The van der Waals surface area contributed by atoms with Crippen molar-refractivity contribution in [3.63, 3.8) is 0 Å². The van der Waals surface area contributed by atoms with E-state index >= 15 is 0 Å². The number of nitrogens with zero attached hydrogens (tertiary/aromatic N) is 1. The van der Waals surface area contributed by atoms with Crippen LogP contribution in [-0.4, -0.2) is 34.8 Å². The molecule has 0 fully saturated rings. The van der Waals surface area contributed by atoms with Gasteiger partial charge < -0.3 is 0 Å². The van der Waals surface area contributed by atoms with Crippen LogP contribution >= 0.6 is 0 Å². The molecule has 0 N–H and O–H groups in total. The molecule has 0 saturated heterocycles. The predicted octanol–water partition coefficient (Wildman–Crippen LogP) is 1.71. The summed E-state index contributed by atoms with van der Waals surface area (Å²) in [4.78, 5) is 48.8. The van der Waals surface area contributed by atoms with Crippen molar-refractivity contribution in [1.82, 2.24) is 4.90 Å². The summed E-state index contributed by atoms with van der Waals surface area (Å²) in [6.45, 7) is 4.46. The second-order valence-corrected chi connectivity index (χ2v) is 5.40. The SMILES string of the molecule is CC(=O)C(C)C(C)C(=O)CN1C(=O)c2ccccc2C1=O. The molecule has 21 heavy (non-hydrogen) atoms. The number of fused-ring (bicyclic) bond motifs is 1. The number of hydrogen-bond donors (Lipinski definition) is 0. The van der Waals surface area contributed by atoms with Crippen molar-refractivity contribution in [3.8, 4) is 0 Å². The van der Waals surface area contributed by atoms with E-state index in [4.69, 9.17) is 0 Å². The minimum Gasteiger partial charge on any atom is -0.300 e. The summed E-state index contributed by atoms with van der Waals surface area (Å²) in [6.07, 6.45) is 0. The van der Waals surface area contributed by atoms with Gasteiger partial charge in [0.2, 0.25) is 0 Å². The van der Waals surface area contributed by atoms with Gasteiger partial charge in [0.05, 0.1) is 17.7 Å². The van der Waals surface area contributed by atoms with Crippen LogP contribution in [0, 0.1) is 11.8 Å². The Bertz CT molecular complexity index is 600. The lowest BCUT2D eigenvalue weighted by Crippen LogP contribution is -2.38. The minimum absolute atomic E-state index is 0.0850. The number of ketones is 2. The van der Waals surface area contributed by atoms with Crippen LogP contribution in [0.2, 0.25) is 0 Å². The average molecular weight is 287 g/mol. The third kappa shape index (κ3) is 2.63. The summed E-state index contributed by atoms with van der Waals surface area (Å²) in [5.74, 6) is -2.22. The molecule has 0 bridgehead atoms. The van der Waals surface area contributed by atoms with Crippen LogP contribution < -0.4 is 0 Å². The Kier molecular flexibility index (Phi) is 4.02. The van der Waals surface area contributed by atoms with Gasteiger partial charge in [0.25, 0.3) is 11.8 Å². The number of imide groups is 1. The largest absolute Gasteiger partial charge is 0.300 e. The number of hydrogen-bond acceptors (Lipinski definition) is 4. The van der Waals surface area contributed by atoms with Gasteiger partial charge in [-0.15, -0.1) is 0 Å². The summed E-state index contributed by atoms with van der Waals surface area (Å²) < 4.78 is 0. The van der Waals surface area contributed by atoms with E-state index in [2.05, 4.69) is 0 Å². The third-order valence-electron chi connectivity index (χ3n) is 4.09. The molecule has 1 aromatic rings. The van der Waals surface area contributed by atoms with Gasteiger partial charge in [-0.2, -0.15) is 0 Å². The second-order valence-electron chi connectivity index (χ2n) is 5.40. The number of benzene rings is 1. The Hall–Kier alpha value is -2.30. The van der Waals surface area contributed by atoms with Gasteiger partial charge in [-0.3, -0.25) is 24.1 Å². The molecule has 1 heterocycles. The standard InChI is InChI=1S/C16H17NO4/c1-9(11(3)18)10(2)14(19)8-17-15(20)12-6-4-5-7-13(12)16(17)21/h4-7,9-10H,8H2,1-3H3. The first-order valence-corrected chi connectivity index (χ1v) is 6.83. The molecule has 0 aliphatic carbocycles. The van der Waals surface area contributed by atoms with E-state index in [0.717, 1.165) is 4.90 Å². The van der Waals surface area contributed by atoms with Crippen LogP contribution in [0.15, 0.2) is 24.3 Å². The number of rotatable bonds is 5. The van der Waals surface area contributed by atoms with Crippen LogP contribution in [0.25, 0.3) is 0 Å². The van der Waals surface area contributed by atoms with E-state index in [9.17, 15) is 19.2 Å². The Morgan fingerprint density at radius 3 is 1.90 bits per heavy atom. The summed E-state index contributed by atoms with van der Waals surface area (Å²) in [7, 11) is 0. The van der Waals surface area contributed by atoms with Gasteiger partial charge in [-0.1, -0.05) is 26.0 Å². The van der Waals surface area contributed by atoms with E-state index in [1.165, 1.54) is 6.92 Å². The number of carbonyl (C=O) groups is 4. The molecule has 1 aliphatic rings. The zero-order valence-electron chi connectivity index (χ0n) is 12.3. The maximum Gasteiger partial charge on any atom is 0.261 e. The van der Waals surface area contributed by atoms with Crippen molar-refractivity contribution in [2.75, 3.05) is 6.54 Å². The Balaban J connectivity index is 2.15. The van der Waals surface area contributed by atoms with Crippen molar-refractivity contribution in [3.05, 3.63) is 35.4 Å². The lowest BCUT2D eigenvalue weighted by atomic mass is 9.89. The van der Waals surface area contributed by atoms with E-state index in [1.54, 1.807) is 38.1 Å². The number of amides is 2. The smallest absolute Gasteiger partial charge is 0.261 e. The van der Waals surface area contributed by atoms with Crippen molar-refractivity contribution >= 4 is 23.4 Å². The third-order valence-corrected chi connectivity index (χ3v) is 4.09. The van der Waals surface area contributed by atoms with Gasteiger partial charge in [0, 0.05) is 11.8 Å². The highest BCUT2D eigenvalue weighted by Gasteiger charge is 2.37. The first kappa shape index (κ1) is 15.1. The molecular weight excluding hydrogens is 270 g/mol. The highest BCUT2D eigenvalue weighted by atomic mass is 16.2. The molecule has 5 heteroatoms. The fourth-order valence-electron chi connectivity index (χ4n) is 2.31. The van der Waals surface area contributed by atoms with Gasteiger partial charge in [-0.05, 0) is 19.1 Å². The molecule has 1 aromatic carbocycles. The molecule has 5 nitrogen and oxygen atoms in total. The van der Waals surface area contributed by atoms with E-state index in [1.807, 2.05) is 0 Å². The maximum absolute atomic E-state index is 12.2. The summed E-state index contributed by atoms with van der Waals surface area (Å²) in [6, 6.07) is 6.49. The molecule has 0 radical (unpaired) electrons. The van der Waals surface area contributed by atoms with Gasteiger partial charge in [0.1, 0.15) is 5.78 Å². The molecule has 2 amide bonds. The monoisotopic (exact) mass is 287 g/mol. The Morgan fingerprint density at radius 1 is 1.00 bits per heavy atom. The zero-order valence-corrected chi connectivity index (χ0v) is 12.3. The molecular formula is C16H17NO4. The van der Waals surface area contributed by atoms with Crippen LogP contribution in [0.1, 0.15) is 41.5 Å². The average Bonchev–Trinajstić information content (AvgIpc) is 2.71. The maximum atomic E-state index is 12.2. The second kappa shape index (κ2) is 5.60. The van der Waals surface area contributed by atoms with E-state index in [-0.39, 0.29) is 18.1 Å². The molecule has 1 aliphatic heterocycles. The van der Waals surface area contributed by atoms with Crippen LogP contribution in [0.3, 0.4) is 0 Å². The fraction of sp³-hybridized carbons (Fsp3) is 0.375. The summed E-state index contributed by atoms with van der Waals surface area (Å²) >= 11 is 0. The molecule has 2 rings (SSSR count). The van der Waals surface area contributed by atoms with Crippen molar-refractivity contribution in [2.45, 2.75) is 20.8 Å². The Morgan fingerprint density at radius 2 is 1.48 bits per heavy atom. The summed E-state index contributed by atoms with van der Waals surface area (Å²) in [5, 5.41) is 0. The highest BCUT2D eigenvalue weighted by molar-refractivity contribution is 6.22. The fourth-order valence-corrected chi connectivity index (χ4v) is 2.31. The number of carbonyl (C=O) groups excluding carboxylic acids is 4.